The second-order valence-corrected chi connectivity index (χ2v) is 3.45. The van der Waals surface area contributed by atoms with Gasteiger partial charge >= 0.3 is 6.09 Å². The number of nitrogens with two attached hydrogens (primary N) is 1. The topological polar surface area (TPSA) is 69.4 Å². The molecule has 0 aliphatic carbocycles. The van der Waals surface area contributed by atoms with E-state index in [1.54, 1.807) is 24.3 Å². The van der Waals surface area contributed by atoms with E-state index < -0.39 is 6.09 Å². The van der Waals surface area contributed by atoms with E-state index in [-0.39, 0.29) is 12.2 Å². The minimum absolute atomic E-state index is 0.0126. The third kappa shape index (κ3) is 4.39. The van der Waals surface area contributed by atoms with E-state index in [9.17, 15) is 9.59 Å². The van der Waals surface area contributed by atoms with E-state index >= 15 is 0 Å². The summed E-state index contributed by atoms with van der Waals surface area (Å²) in [7, 11) is 0. The Bertz CT molecular complexity index is 460. The fourth-order valence-electron chi connectivity index (χ4n) is 1.39. The van der Waals surface area contributed by atoms with Crippen LogP contribution in [0.15, 0.2) is 24.3 Å². The van der Waals surface area contributed by atoms with Crippen LogP contribution in [0.1, 0.15) is 18.4 Å². The molecule has 1 aromatic rings. The lowest BCUT2D eigenvalue weighted by atomic mass is 10.1. The van der Waals surface area contributed by atoms with Gasteiger partial charge in [-0.25, -0.2) is 4.79 Å². The van der Waals surface area contributed by atoms with Crippen LogP contribution in [0.4, 0.5) is 4.79 Å². The SMILES string of the molecule is C#CCC(=O)CCc1ccccc1OC(N)=O. The Morgan fingerprint density at radius 1 is 1.35 bits per heavy atom. The highest BCUT2D eigenvalue weighted by atomic mass is 16.5. The van der Waals surface area contributed by atoms with Crippen LogP contribution in [0.5, 0.6) is 5.75 Å². The third-order valence-corrected chi connectivity index (χ3v) is 2.16. The van der Waals surface area contributed by atoms with E-state index in [1.165, 1.54) is 0 Å². The lowest BCUT2D eigenvalue weighted by molar-refractivity contribution is -0.118. The minimum atomic E-state index is -0.868. The Morgan fingerprint density at radius 3 is 2.71 bits per heavy atom. The summed E-state index contributed by atoms with van der Waals surface area (Å²) in [5.74, 6) is 2.67. The molecule has 0 saturated carbocycles. The molecule has 0 spiro atoms. The van der Waals surface area contributed by atoms with Crippen molar-refractivity contribution in [3.05, 3.63) is 29.8 Å². The summed E-state index contributed by atoms with van der Waals surface area (Å²) < 4.78 is 4.82. The molecule has 17 heavy (non-hydrogen) atoms. The molecular weight excluding hydrogens is 218 g/mol. The number of aryl methyl sites for hydroxylation is 1. The van der Waals surface area contributed by atoms with Gasteiger partial charge in [0.2, 0.25) is 0 Å². The van der Waals surface area contributed by atoms with E-state index in [4.69, 9.17) is 16.9 Å². The van der Waals surface area contributed by atoms with Crippen molar-refractivity contribution in [3.63, 3.8) is 0 Å². The first kappa shape index (κ1) is 12.8. The van der Waals surface area contributed by atoms with Crippen LogP contribution in [-0.4, -0.2) is 11.9 Å². The molecule has 0 saturated heterocycles. The van der Waals surface area contributed by atoms with Crippen LogP contribution < -0.4 is 10.5 Å². The molecule has 0 fully saturated rings. The lowest BCUT2D eigenvalue weighted by Gasteiger charge is -2.07. The Hall–Kier alpha value is -2.28. The molecule has 4 heteroatoms. The number of Topliss-reactive ketones (excluding diaryl/α,β-unsaturated/α-hetero) is 1. The number of hydrogen-bond acceptors (Lipinski definition) is 3. The van der Waals surface area contributed by atoms with Crippen LogP contribution in [0.25, 0.3) is 0 Å². The van der Waals surface area contributed by atoms with Gasteiger partial charge in [0, 0.05) is 6.42 Å². The number of ketones is 1. The molecule has 1 aromatic carbocycles. The van der Waals surface area contributed by atoms with Gasteiger partial charge in [-0.15, -0.1) is 6.42 Å². The molecule has 2 N–H and O–H groups in total. The molecule has 4 nitrogen and oxygen atoms in total. The Labute approximate surface area is 99.8 Å². The average Bonchev–Trinajstić information content (AvgIpc) is 2.27. The second kappa shape index (κ2) is 6.33. The van der Waals surface area contributed by atoms with Gasteiger partial charge in [-0.3, -0.25) is 4.79 Å². The maximum atomic E-state index is 11.3. The number of carbonyl (C=O) groups is 2. The van der Waals surface area contributed by atoms with Gasteiger partial charge in [-0.1, -0.05) is 24.1 Å². The first-order chi connectivity index (χ1) is 8.13. The Kier molecular flexibility index (Phi) is 4.77. The molecule has 1 amide bonds. The van der Waals surface area contributed by atoms with Gasteiger partial charge in [0.25, 0.3) is 0 Å². The van der Waals surface area contributed by atoms with Crippen molar-refractivity contribution in [1.82, 2.24) is 0 Å². The highest BCUT2D eigenvalue weighted by Crippen LogP contribution is 2.19. The van der Waals surface area contributed by atoms with E-state index in [0.717, 1.165) is 5.56 Å². The number of benzene rings is 1. The zero-order valence-electron chi connectivity index (χ0n) is 9.31. The molecule has 0 unspecified atom stereocenters. The summed E-state index contributed by atoms with van der Waals surface area (Å²) in [6.45, 7) is 0. The van der Waals surface area contributed by atoms with Gasteiger partial charge in [0.1, 0.15) is 11.5 Å². The number of amides is 1. The van der Waals surface area contributed by atoms with Gasteiger partial charge < -0.3 is 10.5 Å². The molecule has 88 valence electrons. The number of primary amides is 1. The maximum absolute atomic E-state index is 11.3. The normalized spacial score (nSPS) is 9.35. The zero-order chi connectivity index (χ0) is 12.7. The van der Waals surface area contributed by atoms with E-state index in [2.05, 4.69) is 5.92 Å². The lowest BCUT2D eigenvalue weighted by Crippen LogP contribution is -2.17. The van der Waals surface area contributed by atoms with Crippen molar-refractivity contribution in [2.24, 2.45) is 5.73 Å². The summed E-state index contributed by atoms with van der Waals surface area (Å²) in [6, 6.07) is 6.94. The molecule has 0 aromatic heterocycles. The van der Waals surface area contributed by atoms with Crippen molar-refractivity contribution in [2.75, 3.05) is 0 Å². The smallest absolute Gasteiger partial charge is 0.409 e. The number of terminal acetylenes is 1. The fraction of sp³-hybridized carbons (Fsp3) is 0.231. The maximum Gasteiger partial charge on any atom is 0.409 e. The van der Waals surface area contributed by atoms with E-state index in [0.29, 0.717) is 18.6 Å². The van der Waals surface area contributed by atoms with Crippen molar-refractivity contribution < 1.29 is 14.3 Å². The summed E-state index contributed by atoms with van der Waals surface area (Å²) in [6.07, 6.45) is 5.09. The molecule has 1 rings (SSSR count). The molecule has 0 atom stereocenters. The quantitative estimate of drug-likeness (QED) is 0.783. The van der Waals surface area contributed by atoms with Crippen LogP contribution in [0.3, 0.4) is 0 Å². The van der Waals surface area contributed by atoms with Gasteiger partial charge in [-0.2, -0.15) is 0 Å². The van der Waals surface area contributed by atoms with Gasteiger partial charge in [0.15, 0.2) is 0 Å². The Morgan fingerprint density at radius 2 is 2.06 bits per heavy atom. The summed E-state index contributed by atoms with van der Waals surface area (Å²) in [5, 5.41) is 0. The molecular formula is C13H13NO3. The van der Waals surface area contributed by atoms with Crippen molar-refractivity contribution in [3.8, 4) is 18.1 Å². The molecule has 0 radical (unpaired) electrons. The number of ether oxygens (including phenoxy) is 1. The van der Waals surface area contributed by atoms with Crippen molar-refractivity contribution in [1.29, 1.82) is 0 Å². The van der Waals surface area contributed by atoms with Crippen LogP contribution >= 0.6 is 0 Å². The highest BCUT2D eigenvalue weighted by molar-refractivity contribution is 5.81. The van der Waals surface area contributed by atoms with Crippen molar-refractivity contribution in [2.45, 2.75) is 19.3 Å². The average molecular weight is 231 g/mol. The first-order valence-corrected chi connectivity index (χ1v) is 5.14. The van der Waals surface area contributed by atoms with Crippen molar-refractivity contribution >= 4 is 11.9 Å². The fourth-order valence-corrected chi connectivity index (χ4v) is 1.39. The molecule has 0 bridgehead atoms. The third-order valence-electron chi connectivity index (χ3n) is 2.16. The Balaban J connectivity index is 2.67. The number of rotatable bonds is 5. The molecule has 0 aliphatic heterocycles. The van der Waals surface area contributed by atoms with E-state index in [1.807, 2.05) is 0 Å². The monoisotopic (exact) mass is 231 g/mol. The minimum Gasteiger partial charge on any atom is -0.410 e. The molecule has 0 heterocycles. The highest BCUT2D eigenvalue weighted by Gasteiger charge is 2.07. The summed E-state index contributed by atoms with van der Waals surface area (Å²) >= 11 is 0. The van der Waals surface area contributed by atoms with Gasteiger partial charge in [0.05, 0.1) is 6.42 Å². The number of hydrogen-bond donors (Lipinski definition) is 1. The zero-order valence-corrected chi connectivity index (χ0v) is 9.31. The molecule has 0 aliphatic rings. The predicted molar refractivity (Wildman–Crippen MR) is 63.4 cm³/mol. The summed E-state index contributed by atoms with van der Waals surface area (Å²) in [5.41, 5.74) is 5.70. The number of para-hydroxylation sites is 1. The predicted octanol–water partition coefficient (Wildman–Crippen LogP) is 1.67. The first-order valence-electron chi connectivity index (χ1n) is 5.14. The largest absolute Gasteiger partial charge is 0.410 e. The van der Waals surface area contributed by atoms with Crippen LogP contribution in [0.2, 0.25) is 0 Å². The second-order valence-electron chi connectivity index (χ2n) is 3.45. The van der Waals surface area contributed by atoms with Crippen LogP contribution in [-0.2, 0) is 11.2 Å². The van der Waals surface area contributed by atoms with Crippen LogP contribution in [0, 0.1) is 12.3 Å². The number of carbonyl (C=O) groups excluding carboxylic acids is 2. The summed E-state index contributed by atoms with van der Waals surface area (Å²) in [4.78, 5) is 21.9. The van der Waals surface area contributed by atoms with Gasteiger partial charge in [-0.05, 0) is 18.1 Å². The standard InChI is InChI=1S/C13H13NO3/c1-2-5-11(15)9-8-10-6-3-4-7-12(10)17-13(14)16/h1,3-4,6-7H,5,8-9H2,(H2,14,16).